The highest BCUT2D eigenvalue weighted by Gasteiger charge is 2.65. The third kappa shape index (κ3) is 5.00. The van der Waals surface area contributed by atoms with Gasteiger partial charge in [0.15, 0.2) is 6.10 Å². The van der Waals surface area contributed by atoms with E-state index in [0.29, 0.717) is 17.8 Å². The average molecular weight is 561 g/mol. The number of nitrogens with zero attached hydrogens (tertiary/aromatic N) is 2. The summed E-state index contributed by atoms with van der Waals surface area (Å²) in [6.45, 7) is 3.91. The lowest BCUT2D eigenvalue weighted by atomic mass is 9.92. The first-order chi connectivity index (χ1) is 19.1. The molecule has 0 spiro atoms. The summed E-state index contributed by atoms with van der Waals surface area (Å²) in [6, 6.07) is 19.5. The molecule has 9 nitrogen and oxygen atoms in total. The van der Waals surface area contributed by atoms with Crippen LogP contribution in [-0.2, 0) is 22.6 Å². The summed E-state index contributed by atoms with van der Waals surface area (Å²) in [5.41, 5.74) is 8.87. The number of rotatable bonds is 8. The van der Waals surface area contributed by atoms with Crippen molar-refractivity contribution in [2.75, 3.05) is 11.6 Å². The first-order valence-electron chi connectivity index (χ1n) is 13.0. The molecule has 0 aliphatic carbocycles. The fraction of sp³-hybridized carbons (Fsp3) is 0.300. The fourth-order valence-corrected chi connectivity index (χ4v) is 6.77. The summed E-state index contributed by atoms with van der Waals surface area (Å²) in [6.07, 6.45) is -1.41. The van der Waals surface area contributed by atoms with Crippen molar-refractivity contribution < 1.29 is 24.6 Å². The lowest BCUT2D eigenvalue weighted by Crippen LogP contribution is -2.73. The van der Waals surface area contributed by atoms with Crippen LogP contribution in [0.15, 0.2) is 72.8 Å². The number of carbonyl (C=O) groups is 3. The molecule has 1 unspecified atom stereocenters. The maximum absolute atomic E-state index is 13.7. The summed E-state index contributed by atoms with van der Waals surface area (Å²) in [4.78, 5) is 42.7. The van der Waals surface area contributed by atoms with Crippen LogP contribution in [0.25, 0.3) is 0 Å². The van der Waals surface area contributed by atoms with E-state index in [4.69, 9.17) is 5.73 Å². The Balaban J connectivity index is 1.35. The molecule has 208 valence electrons. The summed E-state index contributed by atoms with van der Waals surface area (Å²) < 4.78 is 0. The van der Waals surface area contributed by atoms with Gasteiger partial charge in [-0.3, -0.25) is 14.4 Å². The number of fused-ring (bicyclic) bond motifs is 1. The fourth-order valence-electron chi connectivity index (χ4n) is 5.40. The van der Waals surface area contributed by atoms with E-state index in [1.165, 1.54) is 22.7 Å². The van der Waals surface area contributed by atoms with E-state index in [0.717, 1.165) is 11.1 Å². The number of anilines is 1. The number of hydrogen-bond donors (Lipinski definition) is 4. The van der Waals surface area contributed by atoms with Gasteiger partial charge in [-0.15, -0.1) is 11.8 Å². The standard InChI is InChI=1S/C30H32N4O5S/c1-18-22(12-7-13-24(18)35)27(37)32-23(15-19-8-4-3-5-9-19)25(36)28(38)33-17-40-30(2)26(33)29(39)34(30)16-20-10-6-11-21(31)14-20/h3-14,23,25-26,35-36H,15-17,31H2,1-2H3,(H,32,37)/t23-,25-,26+,30?/m0/s1. The smallest absolute Gasteiger partial charge is 0.255 e. The van der Waals surface area contributed by atoms with Gasteiger partial charge in [-0.05, 0) is 55.7 Å². The lowest BCUT2D eigenvalue weighted by Gasteiger charge is -2.52. The molecule has 2 fully saturated rings. The van der Waals surface area contributed by atoms with Gasteiger partial charge in [0.1, 0.15) is 16.7 Å². The highest BCUT2D eigenvalue weighted by Crippen LogP contribution is 2.51. The van der Waals surface area contributed by atoms with Gasteiger partial charge in [0.2, 0.25) is 5.91 Å². The topological polar surface area (TPSA) is 136 Å². The van der Waals surface area contributed by atoms with Crippen molar-refractivity contribution >= 4 is 35.2 Å². The van der Waals surface area contributed by atoms with Crippen molar-refractivity contribution in [3.05, 3.63) is 95.1 Å². The summed E-state index contributed by atoms with van der Waals surface area (Å²) in [5, 5.41) is 24.2. The number of amides is 3. The number of hydrogen-bond acceptors (Lipinski definition) is 7. The van der Waals surface area contributed by atoms with Crippen LogP contribution in [0.1, 0.15) is 34.0 Å². The highest BCUT2D eigenvalue weighted by atomic mass is 32.2. The number of phenolic OH excluding ortho intramolecular Hbond substituents is 1. The lowest BCUT2D eigenvalue weighted by molar-refractivity contribution is -0.168. The molecule has 40 heavy (non-hydrogen) atoms. The molecule has 10 heteroatoms. The van der Waals surface area contributed by atoms with Crippen LogP contribution in [0.4, 0.5) is 5.69 Å². The number of nitrogen functional groups attached to an aromatic ring is 1. The minimum atomic E-state index is -1.60. The van der Waals surface area contributed by atoms with Crippen LogP contribution in [0.5, 0.6) is 5.75 Å². The number of aliphatic hydroxyl groups is 1. The number of likely N-dealkylation sites (tertiary alicyclic amines) is 1. The number of benzene rings is 3. The summed E-state index contributed by atoms with van der Waals surface area (Å²) in [5.74, 6) is -1.13. The Kier molecular flexibility index (Phi) is 7.48. The van der Waals surface area contributed by atoms with Crippen molar-refractivity contribution in [3.63, 3.8) is 0 Å². The Bertz CT molecular complexity index is 1450. The van der Waals surface area contributed by atoms with Crippen LogP contribution < -0.4 is 11.1 Å². The molecular weight excluding hydrogens is 528 g/mol. The summed E-state index contributed by atoms with van der Waals surface area (Å²) in [7, 11) is 0. The monoisotopic (exact) mass is 560 g/mol. The third-order valence-corrected chi connectivity index (χ3v) is 9.16. The Morgan fingerprint density at radius 2 is 1.80 bits per heavy atom. The SMILES string of the molecule is Cc1c(O)cccc1C(=O)N[C@@H](Cc1ccccc1)[C@H](O)C(=O)N1CSC2(C)[C@H]1C(=O)N2Cc1cccc(N)c1. The van der Waals surface area contributed by atoms with Crippen molar-refractivity contribution in [1.82, 2.24) is 15.1 Å². The first-order valence-corrected chi connectivity index (χ1v) is 14.0. The largest absolute Gasteiger partial charge is 0.508 e. The van der Waals surface area contributed by atoms with E-state index in [1.807, 2.05) is 55.5 Å². The Labute approximate surface area is 237 Å². The summed E-state index contributed by atoms with van der Waals surface area (Å²) >= 11 is 1.47. The molecule has 4 atom stereocenters. The van der Waals surface area contributed by atoms with E-state index in [9.17, 15) is 24.6 Å². The zero-order valence-corrected chi connectivity index (χ0v) is 23.1. The molecule has 2 aliphatic rings. The van der Waals surface area contributed by atoms with E-state index in [-0.39, 0.29) is 29.5 Å². The Morgan fingerprint density at radius 1 is 1.10 bits per heavy atom. The van der Waals surface area contributed by atoms with E-state index in [2.05, 4.69) is 5.32 Å². The van der Waals surface area contributed by atoms with Crippen molar-refractivity contribution in [3.8, 4) is 5.75 Å². The molecular formula is C30H32N4O5S. The number of nitrogens with one attached hydrogen (secondary N) is 1. The average Bonchev–Trinajstić information content (AvgIpc) is 3.26. The molecule has 3 amide bonds. The normalized spacial score (nSPS) is 21.4. The molecule has 0 bridgehead atoms. The molecule has 0 saturated carbocycles. The van der Waals surface area contributed by atoms with Gasteiger partial charge in [0.25, 0.3) is 11.8 Å². The van der Waals surface area contributed by atoms with Crippen molar-refractivity contribution in [1.29, 1.82) is 0 Å². The third-order valence-electron chi connectivity index (χ3n) is 7.72. The van der Waals surface area contributed by atoms with Crippen LogP contribution in [-0.4, -0.2) is 66.7 Å². The number of β-lactam (4-membered cyclic amide) rings is 1. The molecule has 2 aliphatic heterocycles. The van der Waals surface area contributed by atoms with Crippen LogP contribution in [0.3, 0.4) is 0 Å². The van der Waals surface area contributed by atoms with E-state index in [1.54, 1.807) is 30.0 Å². The molecule has 0 aromatic heterocycles. The zero-order chi connectivity index (χ0) is 28.6. The van der Waals surface area contributed by atoms with E-state index < -0.39 is 34.9 Å². The minimum Gasteiger partial charge on any atom is -0.508 e. The molecule has 3 aromatic rings. The van der Waals surface area contributed by atoms with Crippen molar-refractivity contribution in [2.45, 2.75) is 49.9 Å². The van der Waals surface area contributed by atoms with Crippen LogP contribution in [0.2, 0.25) is 0 Å². The molecule has 5 rings (SSSR count). The maximum atomic E-state index is 13.7. The maximum Gasteiger partial charge on any atom is 0.255 e. The molecule has 2 saturated heterocycles. The van der Waals surface area contributed by atoms with Gasteiger partial charge in [-0.2, -0.15) is 0 Å². The number of nitrogens with two attached hydrogens (primary N) is 1. The predicted octanol–water partition coefficient (Wildman–Crippen LogP) is 2.64. The number of aromatic hydroxyl groups is 1. The molecule has 2 heterocycles. The number of carbonyl (C=O) groups excluding carboxylic acids is 3. The van der Waals surface area contributed by atoms with Gasteiger partial charge in [-0.1, -0.05) is 48.5 Å². The van der Waals surface area contributed by atoms with Crippen molar-refractivity contribution in [2.24, 2.45) is 0 Å². The van der Waals surface area contributed by atoms with Gasteiger partial charge in [0, 0.05) is 23.4 Å². The second-order valence-corrected chi connectivity index (χ2v) is 11.7. The van der Waals surface area contributed by atoms with Gasteiger partial charge in [-0.25, -0.2) is 0 Å². The number of phenols is 1. The van der Waals surface area contributed by atoms with Gasteiger partial charge < -0.3 is 31.1 Å². The second-order valence-electron chi connectivity index (χ2n) is 10.4. The zero-order valence-electron chi connectivity index (χ0n) is 22.3. The Hall–Kier alpha value is -4.02. The second kappa shape index (κ2) is 10.9. The molecule has 3 aromatic carbocycles. The minimum absolute atomic E-state index is 0.0245. The van der Waals surface area contributed by atoms with Gasteiger partial charge in [0.05, 0.1) is 11.9 Å². The number of aliphatic hydroxyl groups excluding tert-OH is 1. The molecule has 0 radical (unpaired) electrons. The predicted molar refractivity (Wildman–Crippen MR) is 153 cm³/mol. The Morgan fingerprint density at radius 3 is 2.52 bits per heavy atom. The van der Waals surface area contributed by atoms with Crippen LogP contribution in [0, 0.1) is 6.92 Å². The van der Waals surface area contributed by atoms with Crippen LogP contribution >= 0.6 is 11.8 Å². The van der Waals surface area contributed by atoms with E-state index >= 15 is 0 Å². The quantitative estimate of drug-likeness (QED) is 0.246. The molecule has 5 N–H and O–H groups in total. The number of thioether (sulfide) groups is 1. The van der Waals surface area contributed by atoms with Gasteiger partial charge >= 0.3 is 0 Å². The highest BCUT2D eigenvalue weighted by molar-refractivity contribution is 8.01. The first kappa shape index (κ1) is 27.5.